The van der Waals surface area contributed by atoms with Gasteiger partial charge >= 0.3 is 16.4 Å². The minimum absolute atomic E-state index is 0.0435. The van der Waals surface area contributed by atoms with Crippen molar-refractivity contribution in [3.63, 3.8) is 0 Å². The van der Waals surface area contributed by atoms with Crippen LogP contribution < -0.4 is 0 Å². The number of unbranched alkanes of at least 4 members (excludes halogenated alkanes) is 46. The fourth-order valence-corrected chi connectivity index (χ4v) is 11.4. The minimum atomic E-state index is -5.07. The zero-order valence-electron chi connectivity index (χ0n) is 50.8. The predicted molar refractivity (Wildman–Crippen MR) is 322 cm³/mol. The molecule has 12 nitrogen and oxygen atoms in total. The number of aliphatic hydroxyl groups excluding tert-OH is 3. The Morgan fingerprint density at radius 1 is 0.474 bits per heavy atom. The van der Waals surface area contributed by atoms with Crippen molar-refractivity contribution in [2.75, 3.05) is 26.4 Å². The van der Waals surface area contributed by atoms with Gasteiger partial charge in [0.15, 0.2) is 6.29 Å². The van der Waals surface area contributed by atoms with E-state index in [0.717, 1.165) is 38.5 Å². The number of aliphatic hydroxyl groups is 3. The first-order valence-corrected chi connectivity index (χ1v) is 34.8. The van der Waals surface area contributed by atoms with Gasteiger partial charge in [0.05, 0.1) is 19.8 Å². The monoisotopic (exact) mass is 1130 g/mol. The van der Waals surface area contributed by atoms with Crippen molar-refractivity contribution in [2.24, 2.45) is 0 Å². The third kappa shape index (κ3) is 48.4. The van der Waals surface area contributed by atoms with Gasteiger partial charge in [-0.05, 0) is 38.5 Å². The van der Waals surface area contributed by atoms with Crippen molar-refractivity contribution < 1.29 is 56.2 Å². The van der Waals surface area contributed by atoms with Gasteiger partial charge in [-0.1, -0.05) is 302 Å². The summed E-state index contributed by atoms with van der Waals surface area (Å²) in [4.78, 5) is 13.0. The molecule has 1 aliphatic heterocycles. The molecule has 4 N–H and O–H groups in total. The van der Waals surface area contributed by atoms with Gasteiger partial charge < -0.3 is 34.3 Å². The summed E-state index contributed by atoms with van der Waals surface area (Å²) < 4.78 is 59.6. The average molecular weight is 1130 g/mol. The standard InChI is InChI=1S/C65H126O12S/c1-3-5-7-9-11-13-15-17-19-21-23-25-27-29-31-33-35-37-39-41-43-45-47-49-51-53-55-73-57-59(58-74-65-63(69)64(77-78(70,71)72)62(68)60(56-66)76-65)75-61(67)54-52-50-48-46-44-42-40-38-36-34-32-30-28-26-24-22-20-18-16-14-12-10-8-6-4-2/h21,23,59-60,62-66,68-69H,3-20,22,24-58H2,1-2H3,(H,70,71,72)/b23-21-. The molecule has 0 saturated carbocycles. The van der Waals surface area contributed by atoms with Gasteiger partial charge in [0.1, 0.15) is 30.5 Å². The normalized spacial score (nSPS) is 18.4. The lowest BCUT2D eigenvalue weighted by Gasteiger charge is -2.41. The van der Waals surface area contributed by atoms with E-state index in [2.05, 4.69) is 30.2 Å². The maximum atomic E-state index is 13.0. The lowest BCUT2D eigenvalue weighted by molar-refractivity contribution is -0.301. The molecule has 1 fully saturated rings. The number of carbonyl (C=O) groups is 1. The van der Waals surface area contributed by atoms with Crippen LogP contribution in [-0.2, 0) is 38.3 Å². The van der Waals surface area contributed by atoms with E-state index in [0.29, 0.717) is 13.0 Å². The fourth-order valence-electron chi connectivity index (χ4n) is 10.9. The van der Waals surface area contributed by atoms with Crippen LogP contribution in [-0.4, -0.2) is 97.5 Å². The van der Waals surface area contributed by atoms with Crippen LogP contribution in [0.5, 0.6) is 0 Å². The molecule has 0 spiro atoms. The van der Waals surface area contributed by atoms with Crippen LogP contribution >= 0.6 is 0 Å². The highest BCUT2D eigenvalue weighted by atomic mass is 32.3. The molecule has 0 aliphatic carbocycles. The molecule has 0 amide bonds. The zero-order valence-corrected chi connectivity index (χ0v) is 51.6. The van der Waals surface area contributed by atoms with E-state index in [9.17, 15) is 33.1 Å². The molecule has 13 heteroatoms. The van der Waals surface area contributed by atoms with E-state index >= 15 is 0 Å². The first-order valence-electron chi connectivity index (χ1n) is 33.4. The molecular formula is C65H126O12S. The van der Waals surface area contributed by atoms with Crippen molar-refractivity contribution in [3.05, 3.63) is 12.2 Å². The molecule has 0 radical (unpaired) electrons. The van der Waals surface area contributed by atoms with Crippen LogP contribution in [0.2, 0.25) is 0 Å². The molecule has 6 unspecified atom stereocenters. The second-order valence-corrected chi connectivity index (χ2v) is 24.5. The SMILES string of the molecule is CCCCCCCCCC/C=C\CCCCCCCCCCCCCCCCOCC(COC1OC(CO)C(O)C(OS(=O)(=O)O)C1O)OC(=O)CCCCCCCCCCCCCCCCCCCCCCCCCCC. The average Bonchev–Trinajstić information content (AvgIpc) is 3.42. The fraction of sp³-hybridized carbons (Fsp3) is 0.954. The van der Waals surface area contributed by atoms with Gasteiger partial charge in [0.25, 0.3) is 0 Å². The molecule has 0 aromatic heterocycles. The van der Waals surface area contributed by atoms with Crippen LogP contribution in [0, 0.1) is 0 Å². The Morgan fingerprint density at radius 3 is 1.15 bits per heavy atom. The third-order valence-electron chi connectivity index (χ3n) is 15.9. The van der Waals surface area contributed by atoms with Gasteiger partial charge in [0.2, 0.25) is 0 Å². The van der Waals surface area contributed by atoms with Crippen molar-refractivity contribution in [1.29, 1.82) is 0 Å². The summed E-state index contributed by atoms with van der Waals surface area (Å²) in [6, 6.07) is 0. The van der Waals surface area contributed by atoms with E-state index in [4.69, 9.17) is 18.9 Å². The Balaban J connectivity index is 2.21. The Bertz CT molecular complexity index is 1400. The topological polar surface area (TPSA) is 178 Å². The van der Waals surface area contributed by atoms with Crippen LogP contribution in [0.1, 0.15) is 335 Å². The summed E-state index contributed by atoms with van der Waals surface area (Å²) >= 11 is 0. The largest absolute Gasteiger partial charge is 0.457 e. The maximum Gasteiger partial charge on any atom is 0.397 e. The number of esters is 1. The summed E-state index contributed by atoms with van der Waals surface area (Å²) in [6.07, 6.45) is 59.9. The molecule has 0 aromatic carbocycles. The van der Waals surface area contributed by atoms with Crippen molar-refractivity contribution in [1.82, 2.24) is 0 Å². The molecule has 464 valence electrons. The highest BCUT2D eigenvalue weighted by Gasteiger charge is 2.48. The Morgan fingerprint density at radius 2 is 0.808 bits per heavy atom. The summed E-state index contributed by atoms with van der Waals surface area (Å²) in [7, 11) is -5.07. The smallest absolute Gasteiger partial charge is 0.397 e. The van der Waals surface area contributed by atoms with Crippen LogP contribution in [0.15, 0.2) is 12.2 Å². The number of hydrogen-bond donors (Lipinski definition) is 4. The molecule has 1 aliphatic rings. The van der Waals surface area contributed by atoms with Gasteiger partial charge in [-0.3, -0.25) is 9.35 Å². The van der Waals surface area contributed by atoms with Gasteiger partial charge in [-0.2, -0.15) is 8.42 Å². The summed E-state index contributed by atoms with van der Waals surface area (Å²) in [6.45, 7) is 4.09. The number of allylic oxidation sites excluding steroid dienone is 2. The molecule has 1 heterocycles. The molecule has 78 heavy (non-hydrogen) atoms. The van der Waals surface area contributed by atoms with Crippen LogP contribution in [0.3, 0.4) is 0 Å². The first kappa shape index (κ1) is 74.9. The molecule has 6 atom stereocenters. The second kappa shape index (κ2) is 56.3. The molecular weight excluding hydrogens is 1000 g/mol. The van der Waals surface area contributed by atoms with E-state index < -0.39 is 53.8 Å². The van der Waals surface area contributed by atoms with E-state index in [1.54, 1.807) is 0 Å². The summed E-state index contributed by atoms with van der Waals surface area (Å²) in [5.74, 6) is -0.388. The van der Waals surface area contributed by atoms with Gasteiger partial charge in [0, 0.05) is 13.0 Å². The minimum Gasteiger partial charge on any atom is -0.457 e. The maximum absolute atomic E-state index is 13.0. The van der Waals surface area contributed by atoms with E-state index in [1.165, 1.54) is 270 Å². The van der Waals surface area contributed by atoms with Gasteiger partial charge in [-0.15, -0.1) is 0 Å². The van der Waals surface area contributed by atoms with Crippen LogP contribution in [0.4, 0.5) is 0 Å². The number of ether oxygens (including phenoxy) is 4. The van der Waals surface area contributed by atoms with E-state index in [1.807, 2.05) is 0 Å². The summed E-state index contributed by atoms with van der Waals surface area (Å²) in [5.41, 5.74) is 0. The molecule has 1 saturated heterocycles. The van der Waals surface area contributed by atoms with E-state index in [-0.39, 0.29) is 25.6 Å². The van der Waals surface area contributed by atoms with Crippen LogP contribution in [0.25, 0.3) is 0 Å². The Kier molecular flexibility index (Phi) is 54.1. The van der Waals surface area contributed by atoms with Crippen molar-refractivity contribution >= 4 is 16.4 Å². The van der Waals surface area contributed by atoms with Crippen molar-refractivity contribution in [2.45, 2.75) is 372 Å². The zero-order chi connectivity index (χ0) is 56.7. The lowest BCUT2D eigenvalue weighted by atomic mass is 9.99. The number of hydrogen-bond acceptors (Lipinski definition) is 11. The Labute approximate surface area is 480 Å². The molecule has 1 rings (SSSR count). The number of carbonyl (C=O) groups excluding carboxylic acids is 1. The highest BCUT2D eigenvalue weighted by molar-refractivity contribution is 7.80. The molecule has 0 bridgehead atoms. The highest BCUT2D eigenvalue weighted by Crippen LogP contribution is 2.26. The van der Waals surface area contributed by atoms with Gasteiger partial charge in [-0.25, -0.2) is 4.18 Å². The quantitative estimate of drug-likeness (QED) is 0.0196. The predicted octanol–water partition coefficient (Wildman–Crippen LogP) is 17.7. The number of rotatable bonds is 61. The Hall–Kier alpha value is -1.16. The summed E-state index contributed by atoms with van der Waals surface area (Å²) in [5, 5.41) is 30.9. The first-order chi connectivity index (χ1) is 38.1. The second-order valence-electron chi connectivity index (χ2n) is 23.4. The van der Waals surface area contributed by atoms with Crippen molar-refractivity contribution in [3.8, 4) is 0 Å². The molecule has 0 aromatic rings. The third-order valence-corrected chi connectivity index (χ3v) is 16.4. The lowest BCUT2D eigenvalue weighted by Crippen LogP contribution is -2.60.